The summed E-state index contributed by atoms with van der Waals surface area (Å²) >= 11 is 12.1. The van der Waals surface area contributed by atoms with Gasteiger partial charge in [-0.2, -0.15) is 0 Å². The molecular formula is C12H10Cl2N2O. The molecule has 0 bridgehead atoms. The Morgan fingerprint density at radius 2 is 2.00 bits per heavy atom. The quantitative estimate of drug-likeness (QED) is 0.931. The Hall–Kier alpha value is -1.32. The van der Waals surface area contributed by atoms with Crippen molar-refractivity contribution in [1.82, 2.24) is 4.98 Å². The number of rotatable bonds is 3. The molecule has 1 aromatic carbocycles. The number of fused-ring (bicyclic) bond motifs is 1. The number of primary amides is 1. The normalized spacial score (nSPS) is 10.7. The molecule has 0 aliphatic carbocycles. The van der Waals surface area contributed by atoms with Gasteiger partial charge in [-0.25, -0.2) is 0 Å². The van der Waals surface area contributed by atoms with Gasteiger partial charge in [0.25, 0.3) is 0 Å². The van der Waals surface area contributed by atoms with Crippen LogP contribution in [-0.4, -0.2) is 10.9 Å². The standard InChI is InChI=1S/C12H10Cl2N2O/c13-9-2-1-7-8(12(9)14)5-6-16-10(7)3-4-11(15)17/h1-2,5-6H,3-4H2,(H2,15,17). The van der Waals surface area contributed by atoms with Crippen LogP contribution in [0.15, 0.2) is 24.4 Å². The van der Waals surface area contributed by atoms with E-state index >= 15 is 0 Å². The van der Waals surface area contributed by atoms with Crippen molar-refractivity contribution in [2.75, 3.05) is 0 Å². The second-order valence-electron chi connectivity index (χ2n) is 3.68. The van der Waals surface area contributed by atoms with Gasteiger partial charge in [0, 0.05) is 29.1 Å². The Balaban J connectivity index is 2.51. The fourth-order valence-electron chi connectivity index (χ4n) is 1.69. The Labute approximate surface area is 109 Å². The molecule has 5 heteroatoms. The summed E-state index contributed by atoms with van der Waals surface area (Å²) in [6.45, 7) is 0. The zero-order valence-electron chi connectivity index (χ0n) is 8.91. The Morgan fingerprint density at radius 3 is 2.71 bits per heavy atom. The topological polar surface area (TPSA) is 56.0 Å². The Morgan fingerprint density at radius 1 is 1.24 bits per heavy atom. The Bertz CT molecular complexity index is 584. The summed E-state index contributed by atoms with van der Waals surface area (Å²) in [6.07, 6.45) is 2.43. The lowest BCUT2D eigenvalue weighted by atomic mass is 10.1. The van der Waals surface area contributed by atoms with Crippen molar-refractivity contribution in [1.29, 1.82) is 0 Å². The molecule has 88 valence electrons. The SMILES string of the molecule is NC(=O)CCc1nccc2c(Cl)c(Cl)ccc12. The highest BCUT2D eigenvalue weighted by Crippen LogP contribution is 2.31. The van der Waals surface area contributed by atoms with Gasteiger partial charge in [-0.3, -0.25) is 9.78 Å². The van der Waals surface area contributed by atoms with Crippen LogP contribution in [0.5, 0.6) is 0 Å². The highest BCUT2D eigenvalue weighted by atomic mass is 35.5. The number of aryl methyl sites for hydroxylation is 1. The fraction of sp³-hybridized carbons (Fsp3) is 0.167. The number of carbonyl (C=O) groups is 1. The van der Waals surface area contributed by atoms with Crippen molar-refractivity contribution in [2.45, 2.75) is 12.8 Å². The molecule has 17 heavy (non-hydrogen) atoms. The molecular weight excluding hydrogens is 259 g/mol. The highest BCUT2D eigenvalue weighted by molar-refractivity contribution is 6.45. The molecule has 1 amide bonds. The smallest absolute Gasteiger partial charge is 0.217 e. The minimum absolute atomic E-state index is 0.270. The van der Waals surface area contributed by atoms with E-state index in [2.05, 4.69) is 4.98 Å². The number of halogens is 2. The van der Waals surface area contributed by atoms with Crippen LogP contribution in [0.4, 0.5) is 0 Å². The second-order valence-corrected chi connectivity index (χ2v) is 4.47. The summed E-state index contributed by atoms with van der Waals surface area (Å²) in [7, 11) is 0. The number of aromatic nitrogens is 1. The van der Waals surface area contributed by atoms with Crippen LogP contribution in [0.2, 0.25) is 10.0 Å². The molecule has 2 rings (SSSR count). The number of hydrogen-bond acceptors (Lipinski definition) is 2. The number of hydrogen-bond donors (Lipinski definition) is 1. The van der Waals surface area contributed by atoms with Crippen LogP contribution >= 0.6 is 23.2 Å². The number of carbonyl (C=O) groups excluding carboxylic acids is 1. The molecule has 1 aromatic heterocycles. The van der Waals surface area contributed by atoms with Crippen LogP contribution in [0, 0.1) is 0 Å². The first kappa shape index (κ1) is 12.1. The van der Waals surface area contributed by atoms with E-state index in [9.17, 15) is 4.79 Å². The van der Waals surface area contributed by atoms with Gasteiger partial charge < -0.3 is 5.73 Å². The van der Waals surface area contributed by atoms with E-state index in [1.807, 2.05) is 6.07 Å². The molecule has 0 saturated carbocycles. The molecule has 0 atom stereocenters. The average molecular weight is 269 g/mol. The van der Waals surface area contributed by atoms with Crippen molar-refractivity contribution < 1.29 is 4.79 Å². The van der Waals surface area contributed by atoms with Crippen LogP contribution in [0.3, 0.4) is 0 Å². The first-order chi connectivity index (χ1) is 8.09. The third kappa shape index (κ3) is 2.51. The molecule has 0 unspecified atom stereocenters. The van der Waals surface area contributed by atoms with Crippen LogP contribution in [-0.2, 0) is 11.2 Å². The Kier molecular flexibility index (Phi) is 3.50. The number of amides is 1. The predicted molar refractivity (Wildman–Crippen MR) is 69.3 cm³/mol. The lowest BCUT2D eigenvalue weighted by Gasteiger charge is -2.06. The van der Waals surface area contributed by atoms with E-state index < -0.39 is 0 Å². The van der Waals surface area contributed by atoms with Crippen LogP contribution in [0.1, 0.15) is 12.1 Å². The predicted octanol–water partition coefficient (Wildman–Crippen LogP) is 2.96. The summed E-state index contributed by atoms with van der Waals surface area (Å²) in [4.78, 5) is 15.0. The summed E-state index contributed by atoms with van der Waals surface area (Å²) in [5, 5.41) is 2.76. The summed E-state index contributed by atoms with van der Waals surface area (Å²) in [6, 6.07) is 5.38. The van der Waals surface area contributed by atoms with Crippen molar-refractivity contribution in [3.05, 3.63) is 40.1 Å². The molecule has 0 saturated heterocycles. The number of pyridine rings is 1. The van der Waals surface area contributed by atoms with Crippen molar-refractivity contribution in [2.24, 2.45) is 5.73 Å². The zero-order chi connectivity index (χ0) is 12.4. The van der Waals surface area contributed by atoms with Crippen molar-refractivity contribution in [3.63, 3.8) is 0 Å². The lowest BCUT2D eigenvalue weighted by molar-refractivity contribution is -0.117. The minimum Gasteiger partial charge on any atom is -0.370 e. The maximum absolute atomic E-state index is 10.8. The fourth-order valence-corrected chi connectivity index (χ4v) is 2.09. The molecule has 0 fully saturated rings. The maximum atomic E-state index is 10.8. The maximum Gasteiger partial charge on any atom is 0.217 e. The summed E-state index contributed by atoms with van der Waals surface area (Å²) < 4.78 is 0. The van der Waals surface area contributed by atoms with E-state index in [4.69, 9.17) is 28.9 Å². The van der Waals surface area contributed by atoms with Gasteiger partial charge in [-0.15, -0.1) is 0 Å². The lowest BCUT2D eigenvalue weighted by Crippen LogP contribution is -2.11. The van der Waals surface area contributed by atoms with Gasteiger partial charge in [0.15, 0.2) is 0 Å². The minimum atomic E-state index is -0.344. The van der Waals surface area contributed by atoms with Gasteiger partial charge in [0.2, 0.25) is 5.91 Å². The molecule has 3 nitrogen and oxygen atoms in total. The largest absolute Gasteiger partial charge is 0.370 e. The third-order valence-corrected chi connectivity index (χ3v) is 3.34. The second kappa shape index (κ2) is 4.90. The molecule has 0 aliphatic heterocycles. The van der Waals surface area contributed by atoms with Gasteiger partial charge in [0.1, 0.15) is 0 Å². The molecule has 0 aliphatic rings. The van der Waals surface area contributed by atoms with Gasteiger partial charge in [-0.1, -0.05) is 29.3 Å². The summed E-state index contributed by atoms with van der Waals surface area (Å²) in [5.41, 5.74) is 5.93. The average Bonchev–Trinajstić information content (AvgIpc) is 2.31. The number of nitrogens with two attached hydrogens (primary N) is 1. The zero-order valence-corrected chi connectivity index (χ0v) is 10.4. The van der Waals surface area contributed by atoms with E-state index in [0.29, 0.717) is 16.5 Å². The van der Waals surface area contributed by atoms with Gasteiger partial charge in [0.05, 0.1) is 10.0 Å². The highest BCUT2D eigenvalue weighted by Gasteiger charge is 2.08. The van der Waals surface area contributed by atoms with Crippen LogP contribution in [0.25, 0.3) is 10.8 Å². The molecule has 1 heterocycles. The molecule has 2 aromatic rings. The van der Waals surface area contributed by atoms with E-state index in [1.54, 1.807) is 18.3 Å². The molecule has 0 radical (unpaired) electrons. The number of nitrogens with zero attached hydrogens (tertiary/aromatic N) is 1. The first-order valence-electron chi connectivity index (χ1n) is 5.09. The monoisotopic (exact) mass is 268 g/mol. The van der Waals surface area contributed by atoms with E-state index in [0.717, 1.165) is 16.5 Å². The van der Waals surface area contributed by atoms with Crippen molar-refractivity contribution >= 4 is 39.9 Å². The first-order valence-corrected chi connectivity index (χ1v) is 5.85. The van der Waals surface area contributed by atoms with Crippen LogP contribution < -0.4 is 5.73 Å². The molecule has 2 N–H and O–H groups in total. The number of benzene rings is 1. The molecule has 0 spiro atoms. The van der Waals surface area contributed by atoms with E-state index in [-0.39, 0.29) is 12.3 Å². The summed E-state index contributed by atoms with van der Waals surface area (Å²) in [5.74, 6) is -0.344. The van der Waals surface area contributed by atoms with E-state index in [1.165, 1.54) is 0 Å². The van der Waals surface area contributed by atoms with Gasteiger partial charge >= 0.3 is 0 Å². The van der Waals surface area contributed by atoms with Gasteiger partial charge in [-0.05, 0) is 18.6 Å². The third-order valence-electron chi connectivity index (χ3n) is 2.52. The van der Waals surface area contributed by atoms with Crippen molar-refractivity contribution in [3.8, 4) is 0 Å².